The van der Waals surface area contributed by atoms with Crippen LogP contribution in [0.3, 0.4) is 0 Å². The molecule has 12 rings (SSSR count). The van der Waals surface area contributed by atoms with Gasteiger partial charge < -0.3 is 58.9 Å². The Kier molecular flexibility index (Phi) is 16.3. The third kappa shape index (κ3) is 12.4. The molecule has 9 aromatic rings. The molecule has 0 aliphatic carbocycles. The first-order chi connectivity index (χ1) is 40.0. The van der Waals surface area contributed by atoms with Gasteiger partial charge in [-0.1, -0.05) is 72.8 Å². The zero-order chi connectivity index (χ0) is 58.5. The Bertz CT molecular complexity index is 3830. The molecule has 3 saturated heterocycles. The highest BCUT2D eigenvalue weighted by atomic mass is 19.1. The van der Waals surface area contributed by atoms with E-state index in [2.05, 4.69) is 46.9 Å². The van der Waals surface area contributed by atoms with Gasteiger partial charge in [0.25, 0.3) is 17.7 Å². The second kappa shape index (κ2) is 24.2. The summed E-state index contributed by atoms with van der Waals surface area (Å²) in [6.07, 6.45) is 4.40. The number of nitrogens with two attached hydrogens (primary N) is 3. The SMILES string of the molecule is CNC(=O)N1CC(NC(=O)c2cnc(N)c3cc(-c4cccc(F)c4)ccc23)C1.CNC(=O)N1CC(NC(=O)c2cnc(N)c3cc(-c4cccc(F)c4)ccc23)C1.Nc1ncc(C(=O)NC2CNC2)c2ccc(-c3cccc(F)c3)cc12. The highest BCUT2D eigenvalue weighted by molar-refractivity contribution is 6.12. The molecule has 6 aromatic carbocycles. The number of rotatable bonds is 9. The van der Waals surface area contributed by atoms with E-state index in [0.29, 0.717) is 98.4 Å². The number of urea groups is 2. The topological polar surface area (TPSA) is 281 Å². The number of nitrogens with zero attached hydrogens (tertiary/aromatic N) is 5. The number of hydrogen-bond donors (Lipinski definition) is 9. The lowest BCUT2D eigenvalue weighted by atomic mass is 9.99. The molecule has 6 heterocycles. The summed E-state index contributed by atoms with van der Waals surface area (Å²) in [5.41, 5.74) is 23.9. The number of hydrogen-bond acceptors (Lipinski definition) is 12. The van der Waals surface area contributed by atoms with E-state index in [9.17, 15) is 37.1 Å². The number of anilines is 3. The van der Waals surface area contributed by atoms with Crippen LogP contribution in [0.25, 0.3) is 65.7 Å². The van der Waals surface area contributed by atoms with Gasteiger partial charge in [-0.2, -0.15) is 0 Å². The third-order valence-corrected chi connectivity index (χ3v) is 14.5. The zero-order valence-electron chi connectivity index (χ0n) is 45.0. The molecular formula is C61H57F3N14O5. The van der Waals surface area contributed by atoms with Crippen molar-refractivity contribution >= 4 is 79.6 Å². The van der Waals surface area contributed by atoms with Crippen molar-refractivity contribution in [2.75, 3.05) is 70.6 Å². The molecule has 12 N–H and O–H groups in total. The molecule has 7 amide bonds. The fraction of sp³-hybridized carbons (Fsp3) is 0.180. The largest absolute Gasteiger partial charge is 0.383 e. The van der Waals surface area contributed by atoms with E-state index < -0.39 is 0 Å². The first-order valence-corrected chi connectivity index (χ1v) is 26.4. The minimum atomic E-state index is -0.326. The van der Waals surface area contributed by atoms with Gasteiger partial charge in [0, 0.05) is 88.1 Å². The number of amides is 7. The van der Waals surface area contributed by atoms with Crippen LogP contribution in [0.4, 0.5) is 40.2 Å². The van der Waals surface area contributed by atoms with Crippen molar-refractivity contribution < 1.29 is 37.1 Å². The number of halogens is 3. The zero-order valence-corrected chi connectivity index (χ0v) is 45.0. The molecule has 3 aromatic heterocycles. The quantitative estimate of drug-likeness (QED) is 0.0702. The lowest BCUT2D eigenvalue weighted by Crippen LogP contribution is -2.62. The Morgan fingerprint density at radius 3 is 1.01 bits per heavy atom. The number of likely N-dealkylation sites (tertiary alicyclic amines) is 2. The van der Waals surface area contributed by atoms with Crippen LogP contribution in [0.15, 0.2) is 146 Å². The summed E-state index contributed by atoms with van der Waals surface area (Å²) in [4.78, 5) is 76.8. The summed E-state index contributed by atoms with van der Waals surface area (Å²) in [6, 6.07) is 34.9. The first-order valence-electron chi connectivity index (χ1n) is 26.4. The molecule has 422 valence electrons. The van der Waals surface area contributed by atoms with E-state index in [1.54, 1.807) is 78.5 Å². The molecule has 0 spiro atoms. The lowest BCUT2D eigenvalue weighted by Gasteiger charge is -2.39. The average molecular weight is 1120 g/mol. The molecule has 0 saturated carbocycles. The van der Waals surface area contributed by atoms with Crippen molar-refractivity contribution in [3.05, 3.63) is 180 Å². The Labute approximate surface area is 473 Å². The van der Waals surface area contributed by atoms with Gasteiger partial charge in [0.15, 0.2) is 0 Å². The summed E-state index contributed by atoms with van der Waals surface area (Å²) in [6.45, 7) is 3.36. The molecule has 0 unspecified atom stereocenters. The fourth-order valence-corrected chi connectivity index (χ4v) is 9.85. The maximum atomic E-state index is 13.6. The maximum Gasteiger partial charge on any atom is 0.317 e. The summed E-state index contributed by atoms with van der Waals surface area (Å²) >= 11 is 0. The fourth-order valence-electron chi connectivity index (χ4n) is 9.85. The van der Waals surface area contributed by atoms with Crippen LogP contribution in [-0.4, -0.2) is 126 Å². The van der Waals surface area contributed by atoms with Crippen LogP contribution < -0.4 is 49.1 Å². The molecule has 3 aliphatic heterocycles. The van der Waals surface area contributed by atoms with E-state index in [0.717, 1.165) is 40.7 Å². The number of aromatic nitrogens is 3. The van der Waals surface area contributed by atoms with E-state index >= 15 is 0 Å². The molecule has 3 fully saturated rings. The molecule has 3 aliphatic rings. The number of benzene rings is 6. The lowest BCUT2D eigenvalue weighted by molar-refractivity contribution is 0.0852. The third-order valence-electron chi connectivity index (χ3n) is 14.5. The summed E-state index contributed by atoms with van der Waals surface area (Å²) in [5, 5.41) is 21.0. The minimum Gasteiger partial charge on any atom is -0.383 e. The Hall–Kier alpha value is -10.4. The summed E-state index contributed by atoms with van der Waals surface area (Å²) in [7, 11) is 3.14. The first kappa shape index (κ1) is 55.9. The number of fused-ring (bicyclic) bond motifs is 3. The number of carbonyl (C=O) groups excluding carboxylic acids is 5. The van der Waals surface area contributed by atoms with Crippen molar-refractivity contribution in [3.63, 3.8) is 0 Å². The van der Waals surface area contributed by atoms with Crippen molar-refractivity contribution in [2.24, 2.45) is 0 Å². The van der Waals surface area contributed by atoms with Gasteiger partial charge in [-0.25, -0.2) is 37.7 Å². The highest BCUT2D eigenvalue weighted by Crippen LogP contribution is 2.33. The van der Waals surface area contributed by atoms with Gasteiger partial charge in [-0.15, -0.1) is 0 Å². The van der Waals surface area contributed by atoms with Gasteiger partial charge >= 0.3 is 12.1 Å². The minimum absolute atomic E-state index is 0.112. The Morgan fingerprint density at radius 1 is 0.434 bits per heavy atom. The standard InChI is InChI=1S/2C21H20FN5O2.C19H17FN4O/c2*1-24-21(29)27-10-15(11-27)26-20(28)18-9-25-19(23)17-8-13(5-6-16(17)18)12-3-2-4-14(22)7-12;20-13-3-1-2-11(6-13)12-4-5-15-16(7-12)18(21)23-10-17(15)19(25)24-14-8-22-9-14/h2*2-9,15H,10-11H2,1H3,(H2,23,25)(H,24,29)(H,26,28);1-7,10,14,22H,8-9H2,(H2,21,23)(H,24,25). The van der Waals surface area contributed by atoms with Crippen molar-refractivity contribution in [2.45, 2.75) is 18.1 Å². The maximum absolute atomic E-state index is 13.6. The monoisotopic (exact) mass is 1120 g/mol. The number of nitrogens with one attached hydrogen (secondary N) is 6. The second-order valence-electron chi connectivity index (χ2n) is 20.1. The van der Waals surface area contributed by atoms with E-state index in [-0.39, 0.29) is 65.4 Å². The molecular weight excluding hydrogens is 1070 g/mol. The van der Waals surface area contributed by atoms with Gasteiger partial charge in [0.1, 0.15) is 34.9 Å². The second-order valence-corrected chi connectivity index (χ2v) is 20.1. The van der Waals surface area contributed by atoms with Crippen LogP contribution in [-0.2, 0) is 0 Å². The number of pyridine rings is 3. The summed E-state index contributed by atoms with van der Waals surface area (Å²) in [5.74, 6) is -0.733. The van der Waals surface area contributed by atoms with E-state index in [1.807, 2.05) is 36.4 Å². The summed E-state index contributed by atoms with van der Waals surface area (Å²) < 4.78 is 40.6. The molecule has 0 bridgehead atoms. The van der Waals surface area contributed by atoms with Crippen molar-refractivity contribution in [3.8, 4) is 33.4 Å². The van der Waals surface area contributed by atoms with E-state index in [4.69, 9.17) is 17.2 Å². The molecule has 22 heteroatoms. The van der Waals surface area contributed by atoms with Gasteiger partial charge in [-0.05, 0) is 104 Å². The Morgan fingerprint density at radius 2 is 0.735 bits per heavy atom. The van der Waals surface area contributed by atoms with E-state index in [1.165, 1.54) is 55.0 Å². The normalized spacial score (nSPS) is 13.9. The predicted molar refractivity (Wildman–Crippen MR) is 313 cm³/mol. The predicted octanol–water partition coefficient (Wildman–Crippen LogP) is 7.08. The molecule has 0 radical (unpaired) electrons. The van der Waals surface area contributed by atoms with Gasteiger partial charge in [0.05, 0.1) is 34.8 Å². The van der Waals surface area contributed by atoms with Crippen LogP contribution in [0.2, 0.25) is 0 Å². The molecule has 83 heavy (non-hydrogen) atoms. The van der Waals surface area contributed by atoms with Crippen LogP contribution in [0.1, 0.15) is 31.1 Å². The van der Waals surface area contributed by atoms with Crippen LogP contribution in [0.5, 0.6) is 0 Å². The molecule has 19 nitrogen and oxygen atoms in total. The van der Waals surface area contributed by atoms with Gasteiger partial charge in [-0.3, -0.25) is 14.4 Å². The number of carbonyl (C=O) groups is 5. The van der Waals surface area contributed by atoms with Crippen molar-refractivity contribution in [1.82, 2.24) is 56.7 Å². The van der Waals surface area contributed by atoms with Crippen LogP contribution in [0, 0.1) is 17.5 Å². The Balaban J connectivity index is 0.000000140. The van der Waals surface area contributed by atoms with Gasteiger partial charge in [0.2, 0.25) is 0 Å². The molecule has 0 atom stereocenters. The highest BCUT2D eigenvalue weighted by Gasteiger charge is 2.33. The van der Waals surface area contributed by atoms with Crippen LogP contribution >= 0.6 is 0 Å². The smallest absolute Gasteiger partial charge is 0.317 e. The van der Waals surface area contributed by atoms with Crippen molar-refractivity contribution in [1.29, 1.82) is 0 Å². The number of nitrogen functional groups attached to an aromatic ring is 3. The average Bonchev–Trinajstić information content (AvgIpc) is 3.48.